The molecule has 1 aromatic heterocycles. The molecule has 2 aromatic rings. The second kappa shape index (κ2) is 5.32. The monoisotopic (exact) mass is 371 g/mol. The lowest BCUT2D eigenvalue weighted by Gasteiger charge is -2.46. The molecule has 1 aliphatic heterocycles. The molecule has 6 nitrogen and oxygen atoms in total. The van der Waals surface area contributed by atoms with Crippen LogP contribution in [-0.2, 0) is 0 Å². The number of aromatic nitrogens is 1. The highest BCUT2D eigenvalue weighted by molar-refractivity contribution is 5.93. The fraction of sp³-hybridized carbons (Fsp3) is 0.500. The van der Waals surface area contributed by atoms with Crippen molar-refractivity contribution >= 4 is 22.6 Å². The lowest BCUT2D eigenvalue weighted by molar-refractivity contribution is 0.0694. The van der Waals surface area contributed by atoms with Gasteiger partial charge in [0.05, 0.1) is 11.2 Å². The second-order valence-corrected chi connectivity index (χ2v) is 8.65. The first-order valence-corrected chi connectivity index (χ1v) is 9.41. The molecule has 1 aromatic carbocycles. The molecular weight excluding hydrogens is 349 g/mol. The molecule has 3 fully saturated rings. The first-order chi connectivity index (χ1) is 12.8. The highest BCUT2D eigenvalue weighted by Crippen LogP contribution is 2.52. The predicted molar refractivity (Wildman–Crippen MR) is 99.8 cm³/mol. The molecule has 3 aliphatic rings. The number of fused-ring (bicyclic) bond motifs is 2. The Morgan fingerprint density at radius 3 is 2.70 bits per heavy atom. The van der Waals surface area contributed by atoms with E-state index in [9.17, 15) is 19.1 Å². The van der Waals surface area contributed by atoms with Crippen LogP contribution in [-0.4, -0.2) is 34.8 Å². The second-order valence-electron chi connectivity index (χ2n) is 8.65. The zero-order valence-corrected chi connectivity index (χ0v) is 15.1. The highest BCUT2D eigenvalue weighted by atomic mass is 19.1. The van der Waals surface area contributed by atoms with Gasteiger partial charge >= 0.3 is 5.97 Å². The van der Waals surface area contributed by atoms with E-state index in [0.29, 0.717) is 23.7 Å². The summed E-state index contributed by atoms with van der Waals surface area (Å²) in [5.74, 6) is -1.41. The third-order valence-electron chi connectivity index (χ3n) is 6.70. The minimum Gasteiger partial charge on any atom is -0.477 e. The van der Waals surface area contributed by atoms with Gasteiger partial charge in [-0.2, -0.15) is 0 Å². The van der Waals surface area contributed by atoms with E-state index in [2.05, 4.69) is 6.92 Å². The Morgan fingerprint density at radius 2 is 2.11 bits per heavy atom. The van der Waals surface area contributed by atoms with E-state index < -0.39 is 17.2 Å². The fourth-order valence-electron chi connectivity index (χ4n) is 5.06. The van der Waals surface area contributed by atoms with Gasteiger partial charge in [-0.15, -0.1) is 0 Å². The largest absolute Gasteiger partial charge is 0.477 e. The normalized spacial score (nSPS) is 29.7. The smallest absolute Gasteiger partial charge is 0.341 e. The number of carboxylic acids is 1. The van der Waals surface area contributed by atoms with Gasteiger partial charge < -0.3 is 20.3 Å². The van der Waals surface area contributed by atoms with E-state index in [1.54, 1.807) is 6.07 Å². The number of rotatable bonds is 3. The number of benzene rings is 1. The number of nitrogens with zero attached hydrogens (tertiary/aromatic N) is 2. The maximum absolute atomic E-state index is 15.0. The van der Waals surface area contributed by atoms with Crippen LogP contribution in [0.15, 0.2) is 23.1 Å². The van der Waals surface area contributed by atoms with Gasteiger partial charge in [0, 0.05) is 36.8 Å². The quantitative estimate of drug-likeness (QED) is 0.865. The lowest BCUT2D eigenvalue weighted by atomic mass is 9.60. The SMILES string of the molecule is C[C@@]12C[C@H](N)[C@@H]1CN(c1cc3c(cc1F)c(=O)c(C(=O)O)cn3C1CC1)C2. The van der Waals surface area contributed by atoms with Crippen molar-refractivity contribution in [3.8, 4) is 0 Å². The van der Waals surface area contributed by atoms with Crippen LogP contribution < -0.4 is 16.1 Å². The minimum atomic E-state index is -1.28. The average molecular weight is 371 g/mol. The molecule has 2 heterocycles. The van der Waals surface area contributed by atoms with Crippen molar-refractivity contribution in [1.29, 1.82) is 0 Å². The van der Waals surface area contributed by atoms with Crippen LogP contribution in [0.3, 0.4) is 0 Å². The van der Waals surface area contributed by atoms with E-state index in [4.69, 9.17) is 5.73 Å². The zero-order valence-electron chi connectivity index (χ0n) is 15.1. The van der Waals surface area contributed by atoms with Crippen LogP contribution >= 0.6 is 0 Å². The van der Waals surface area contributed by atoms with E-state index in [1.165, 1.54) is 12.3 Å². The Labute approximate surface area is 155 Å². The number of aromatic carboxylic acids is 1. The lowest BCUT2D eigenvalue weighted by Crippen LogP contribution is -2.53. The predicted octanol–water partition coefficient (Wildman–Crippen LogP) is 2.35. The Kier molecular flexibility index (Phi) is 3.30. The number of hydrogen-bond acceptors (Lipinski definition) is 4. The number of hydrogen-bond donors (Lipinski definition) is 2. The standard InChI is InChI=1S/C20H22FN3O3/c1-20-6-15(22)13(20)8-23(9-20)17-5-16-11(4-14(17)21)18(25)12(19(26)27)7-24(16)10-2-3-10/h4-5,7,10,13,15H,2-3,6,8-9,22H2,1H3,(H,26,27)/t13-,15-,20-/m0/s1. The topological polar surface area (TPSA) is 88.6 Å². The van der Waals surface area contributed by atoms with Gasteiger partial charge in [0.15, 0.2) is 0 Å². The van der Waals surface area contributed by atoms with E-state index >= 15 is 0 Å². The summed E-state index contributed by atoms with van der Waals surface area (Å²) in [5, 5.41) is 9.47. The molecule has 1 saturated heterocycles. The van der Waals surface area contributed by atoms with Gasteiger partial charge in [-0.05, 0) is 42.7 Å². The van der Waals surface area contributed by atoms with Crippen LogP contribution in [0.25, 0.3) is 10.9 Å². The third kappa shape index (κ3) is 2.34. The summed E-state index contributed by atoms with van der Waals surface area (Å²) < 4.78 is 16.8. The van der Waals surface area contributed by atoms with Gasteiger partial charge in [0.25, 0.3) is 0 Å². The molecule has 3 N–H and O–H groups in total. The van der Waals surface area contributed by atoms with Crippen LogP contribution in [0.5, 0.6) is 0 Å². The van der Waals surface area contributed by atoms with Crippen molar-refractivity contribution in [3.63, 3.8) is 0 Å². The van der Waals surface area contributed by atoms with E-state index in [-0.39, 0.29) is 28.4 Å². The number of anilines is 1. The number of carboxylic acid groups (broad SMARTS) is 1. The summed E-state index contributed by atoms with van der Waals surface area (Å²) in [6.07, 6.45) is 4.22. The molecule has 0 radical (unpaired) electrons. The Morgan fingerprint density at radius 1 is 1.37 bits per heavy atom. The first kappa shape index (κ1) is 16.7. The Hall–Kier alpha value is -2.41. The van der Waals surface area contributed by atoms with Gasteiger partial charge in [-0.3, -0.25) is 4.79 Å². The molecule has 0 spiro atoms. The molecule has 2 aliphatic carbocycles. The molecule has 2 saturated carbocycles. The van der Waals surface area contributed by atoms with Crippen LogP contribution in [0, 0.1) is 17.2 Å². The van der Waals surface area contributed by atoms with E-state index in [0.717, 1.165) is 25.8 Å². The summed E-state index contributed by atoms with van der Waals surface area (Å²) in [7, 11) is 0. The molecule has 142 valence electrons. The fourth-order valence-corrected chi connectivity index (χ4v) is 5.06. The number of nitrogens with two attached hydrogens (primary N) is 1. The van der Waals surface area contributed by atoms with Gasteiger partial charge in [-0.25, -0.2) is 9.18 Å². The molecule has 27 heavy (non-hydrogen) atoms. The molecule has 7 heteroatoms. The molecule has 0 amide bonds. The minimum absolute atomic E-state index is 0.115. The molecule has 5 rings (SSSR count). The summed E-state index contributed by atoms with van der Waals surface area (Å²) >= 11 is 0. The summed E-state index contributed by atoms with van der Waals surface area (Å²) in [4.78, 5) is 26.0. The molecule has 0 unspecified atom stereocenters. The van der Waals surface area contributed by atoms with Gasteiger partial charge in [0.1, 0.15) is 11.4 Å². The van der Waals surface area contributed by atoms with Crippen molar-refractivity contribution in [2.24, 2.45) is 17.1 Å². The van der Waals surface area contributed by atoms with Crippen molar-refractivity contribution in [2.75, 3.05) is 18.0 Å². The van der Waals surface area contributed by atoms with Crippen LogP contribution in [0.2, 0.25) is 0 Å². The number of carbonyl (C=O) groups is 1. The third-order valence-corrected chi connectivity index (χ3v) is 6.70. The molecule has 3 atom stereocenters. The van der Waals surface area contributed by atoms with Crippen molar-refractivity contribution < 1.29 is 14.3 Å². The molecule has 0 bridgehead atoms. The van der Waals surface area contributed by atoms with Gasteiger partial charge in [0.2, 0.25) is 5.43 Å². The van der Waals surface area contributed by atoms with Gasteiger partial charge in [-0.1, -0.05) is 6.92 Å². The van der Waals surface area contributed by atoms with Crippen LogP contribution in [0.1, 0.15) is 42.6 Å². The Balaban J connectivity index is 1.67. The number of pyridine rings is 1. The summed E-state index contributed by atoms with van der Waals surface area (Å²) in [5.41, 5.74) is 6.40. The van der Waals surface area contributed by atoms with Crippen molar-refractivity contribution in [3.05, 3.63) is 39.9 Å². The van der Waals surface area contributed by atoms with Crippen molar-refractivity contribution in [2.45, 2.75) is 38.3 Å². The zero-order chi connectivity index (χ0) is 19.1. The van der Waals surface area contributed by atoms with E-state index in [1.807, 2.05) is 9.47 Å². The summed E-state index contributed by atoms with van der Waals surface area (Å²) in [6.45, 7) is 3.65. The maximum Gasteiger partial charge on any atom is 0.341 e. The highest BCUT2D eigenvalue weighted by Gasteiger charge is 2.54. The average Bonchev–Trinajstić information content (AvgIpc) is 3.39. The first-order valence-electron chi connectivity index (χ1n) is 9.41. The van der Waals surface area contributed by atoms with Crippen molar-refractivity contribution in [1.82, 2.24) is 4.57 Å². The van der Waals surface area contributed by atoms with Crippen LogP contribution in [0.4, 0.5) is 10.1 Å². The number of halogens is 1. The maximum atomic E-state index is 15.0. The summed E-state index contributed by atoms with van der Waals surface area (Å²) in [6, 6.07) is 3.26. The Bertz CT molecular complexity index is 1040. The molecular formula is C20H22FN3O3.